The van der Waals surface area contributed by atoms with Crippen LogP contribution in [-0.2, 0) is 21.4 Å². The van der Waals surface area contributed by atoms with Crippen LogP contribution >= 0.6 is 0 Å². The van der Waals surface area contributed by atoms with Gasteiger partial charge in [0.15, 0.2) is 26.0 Å². The first kappa shape index (κ1) is 11.2. The summed E-state index contributed by atoms with van der Waals surface area (Å²) in [6, 6.07) is 6.38. The number of thiol groups is 2. The summed E-state index contributed by atoms with van der Waals surface area (Å²) in [6.07, 6.45) is 0. The summed E-state index contributed by atoms with van der Waals surface area (Å²) in [6.45, 7) is 1.84. The third-order valence-corrected chi connectivity index (χ3v) is 4.30. The Labute approximate surface area is 85.5 Å². The van der Waals surface area contributed by atoms with Crippen LogP contribution in [0.4, 0.5) is 0 Å². The molecule has 6 heteroatoms. The van der Waals surface area contributed by atoms with Crippen molar-refractivity contribution in [3.05, 3.63) is 35.4 Å². The maximum Gasteiger partial charge on any atom is 0.182 e. The number of rotatable bonds is 3. The topological polar surface area (TPSA) is 68.3 Å². The number of benzene rings is 1. The van der Waals surface area contributed by atoms with Gasteiger partial charge in [-0.05, 0) is 12.5 Å². The van der Waals surface area contributed by atoms with Crippen molar-refractivity contribution in [2.45, 2.75) is 11.5 Å². The molecule has 1 rings (SSSR count). The van der Waals surface area contributed by atoms with E-state index in [9.17, 15) is 16.8 Å². The van der Waals surface area contributed by atoms with Crippen LogP contribution in [0.2, 0.25) is 0 Å². The van der Waals surface area contributed by atoms with E-state index in [1.165, 1.54) is 12.1 Å². The Hall–Kier alpha value is -0.880. The van der Waals surface area contributed by atoms with Gasteiger partial charge in [0.25, 0.3) is 0 Å². The number of hydrogen-bond donors (Lipinski definition) is 2. The van der Waals surface area contributed by atoms with Crippen LogP contribution in [0.5, 0.6) is 0 Å². The molecule has 14 heavy (non-hydrogen) atoms. The van der Waals surface area contributed by atoms with Crippen LogP contribution in [0.15, 0.2) is 24.3 Å². The molecule has 4 nitrogen and oxygen atoms in total. The zero-order valence-corrected chi connectivity index (χ0v) is 9.20. The van der Waals surface area contributed by atoms with Gasteiger partial charge in [-0.3, -0.25) is 0 Å². The predicted octanol–water partition coefficient (Wildman–Crippen LogP) is 0.216. The summed E-state index contributed by atoms with van der Waals surface area (Å²) in [5.41, 5.74) is 1.25. The molecule has 0 atom stereocenters. The molecule has 0 heterocycles. The van der Waals surface area contributed by atoms with E-state index >= 15 is 0 Å². The van der Waals surface area contributed by atoms with Crippen LogP contribution < -0.4 is 0 Å². The first-order valence-electron chi connectivity index (χ1n) is 3.86. The Morgan fingerprint density at radius 1 is 0.929 bits per heavy atom. The average molecular weight is 234 g/mol. The lowest BCUT2D eigenvalue weighted by Crippen LogP contribution is -2.02. The van der Waals surface area contributed by atoms with Crippen LogP contribution in [0.1, 0.15) is 15.7 Å². The van der Waals surface area contributed by atoms with Crippen LogP contribution in [-0.4, -0.2) is 16.8 Å². The normalized spacial score (nSPS) is 11.4. The first-order valence-corrected chi connectivity index (χ1v) is 6.35. The van der Waals surface area contributed by atoms with Gasteiger partial charge in [0.05, 0.1) is 0 Å². The second kappa shape index (κ2) is 4.56. The lowest BCUT2D eigenvalue weighted by molar-refractivity contribution is 0.598. The van der Waals surface area contributed by atoms with Gasteiger partial charge in [-0.2, -0.15) is 0 Å². The highest BCUT2D eigenvalue weighted by Gasteiger charge is 2.16. The minimum absolute atomic E-state index is 0.294. The molecule has 0 spiro atoms. The molecule has 0 aliphatic heterocycles. The average Bonchev–Trinajstić information content (AvgIpc) is 2.07. The minimum Gasteiger partial charge on any atom is -0.230 e. The Kier molecular flexibility index (Phi) is 3.65. The molecule has 0 aliphatic carbocycles. The summed E-state index contributed by atoms with van der Waals surface area (Å²) in [5.74, 6) is 0. The molecule has 0 saturated carbocycles. The molecule has 0 saturated heterocycles. The highest BCUT2D eigenvalue weighted by molar-refractivity contribution is 7.90. The van der Waals surface area contributed by atoms with Crippen molar-refractivity contribution in [3.63, 3.8) is 0 Å². The smallest absolute Gasteiger partial charge is 0.182 e. The first-order chi connectivity index (χ1) is 6.52. The van der Waals surface area contributed by atoms with Gasteiger partial charge in [0.1, 0.15) is 0 Å². The fraction of sp³-hybridized carbons (Fsp3) is 0.250. The molecule has 0 radical (unpaired) electrons. The largest absolute Gasteiger partial charge is 0.230 e. The summed E-state index contributed by atoms with van der Waals surface area (Å²) in [4.78, 5) is 0. The van der Waals surface area contributed by atoms with E-state index in [1.54, 1.807) is 12.1 Å². The van der Waals surface area contributed by atoms with Gasteiger partial charge >= 0.3 is 0 Å². The van der Waals surface area contributed by atoms with Crippen molar-refractivity contribution >= 4 is 21.4 Å². The van der Waals surface area contributed by atoms with Gasteiger partial charge in [-0.1, -0.05) is 29.8 Å². The van der Waals surface area contributed by atoms with E-state index < -0.39 is 26.0 Å². The summed E-state index contributed by atoms with van der Waals surface area (Å²) in [7, 11) is -5.97. The lowest BCUT2D eigenvalue weighted by Gasteiger charge is -2.03. The van der Waals surface area contributed by atoms with E-state index in [0.29, 0.717) is 5.56 Å². The molecular formula is C8H10O4S2. The van der Waals surface area contributed by atoms with Gasteiger partial charge in [0.2, 0.25) is 0 Å². The van der Waals surface area contributed by atoms with Crippen molar-refractivity contribution in [1.82, 2.24) is 0 Å². The Morgan fingerprint density at radius 2 is 1.36 bits per heavy atom. The SMILES string of the molecule is Cc1ccc(C([SH](=O)=O)[SH](=O)=O)cc1. The zero-order chi connectivity index (χ0) is 10.7. The highest BCUT2D eigenvalue weighted by Crippen LogP contribution is 2.17. The molecule has 1 aromatic carbocycles. The molecule has 78 valence electrons. The molecule has 0 fully saturated rings. The quantitative estimate of drug-likeness (QED) is 0.734. The van der Waals surface area contributed by atoms with Crippen LogP contribution in [0.3, 0.4) is 0 Å². The monoisotopic (exact) mass is 234 g/mol. The fourth-order valence-electron chi connectivity index (χ4n) is 1.06. The Morgan fingerprint density at radius 3 is 1.71 bits per heavy atom. The van der Waals surface area contributed by atoms with Crippen LogP contribution in [0.25, 0.3) is 0 Å². The molecule has 0 N–H and O–H groups in total. The minimum atomic E-state index is -2.99. The lowest BCUT2D eigenvalue weighted by atomic mass is 10.2. The molecular weight excluding hydrogens is 224 g/mol. The van der Waals surface area contributed by atoms with E-state index in [0.717, 1.165) is 5.56 Å². The van der Waals surface area contributed by atoms with Crippen molar-refractivity contribution < 1.29 is 16.8 Å². The van der Waals surface area contributed by atoms with E-state index in [-0.39, 0.29) is 0 Å². The maximum atomic E-state index is 10.7. The van der Waals surface area contributed by atoms with E-state index in [1.807, 2.05) is 6.92 Å². The third-order valence-electron chi connectivity index (χ3n) is 1.77. The van der Waals surface area contributed by atoms with E-state index in [4.69, 9.17) is 0 Å². The Balaban J connectivity index is 3.19. The molecule has 0 amide bonds. The van der Waals surface area contributed by atoms with Crippen LogP contribution in [0, 0.1) is 6.92 Å². The number of aryl methyl sites for hydroxylation is 1. The van der Waals surface area contributed by atoms with Crippen molar-refractivity contribution in [1.29, 1.82) is 0 Å². The van der Waals surface area contributed by atoms with E-state index in [2.05, 4.69) is 0 Å². The molecule has 1 aromatic rings. The number of hydrogen-bond acceptors (Lipinski definition) is 4. The second-order valence-electron chi connectivity index (χ2n) is 2.86. The molecule has 0 unspecified atom stereocenters. The molecule has 0 aliphatic rings. The predicted molar refractivity (Wildman–Crippen MR) is 54.5 cm³/mol. The molecule has 0 aromatic heterocycles. The summed E-state index contributed by atoms with van der Waals surface area (Å²) < 4.78 is 41.3. The van der Waals surface area contributed by atoms with Crippen molar-refractivity contribution in [2.75, 3.05) is 0 Å². The highest BCUT2D eigenvalue weighted by atomic mass is 32.2. The van der Waals surface area contributed by atoms with Gasteiger partial charge in [0, 0.05) is 0 Å². The van der Waals surface area contributed by atoms with Gasteiger partial charge in [-0.15, -0.1) is 0 Å². The Bertz CT molecular complexity index is 419. The molecule has 0 bridgehead atoms. The standard InChI is InChI=1S/C8H10O4S2/c1-6-2-4-7(5-3-6)8(13(9)10)14(11)12/h2-5,8,13-14H,1H3. The second-order valence-corrected chi connectivity index (χ2v) is 5.44. The summed E-state index contributed by atoms with van der Waals surface area (Å²) >= 11 is 0. The summed E-state index contributed by atoms with van der Waals surface area (Å²) in [5, 5.41) is 0. The van der Waals surface area contributed by atoms with Crippen molar-refractivity contribution in [2.24, 2.45) is 0 Å². The third kappa shape index (κ3) is 2.55. The van der Waals surface area contributed by atoms with Gasteiger partial charge in [-0.25, -0.2) is 16.8 Å². The zero-order valence-electron chi connectivity index (χ0n) is 7.41. The fourth-order valence-corrected chi connectivity index (χ4v) is 2.51. The maximum absolute atomic E-state index is 10.7. The van der Waals surface area contributed by atoms with Crippen molar-refractivity contribution in [3.8, 4) is 0 Å². The van der Waals surface area contributed by atoms with Gasteiger partial charge < -0.3 is 0 Å².